The van der Waals surface area contributed by atoms with Gasteiger partial charge >= 0.3 is 5.69 Å². The average Bonchev–Trinajstić information content (AvgIpc) is 2.40. The molecule has 0 radical (unpaired) electrons. The highest BCUT2D eigenvalue weighted by Crippen LogP contribution is 2.36. The van der Waals surface area contributed by atoms with E-state index in [4.69, 9.17) is 16.9 Å². The van der Waals surface area contributed by atoms with Gasteiger partial charge in [-0.2, -0.15) is 5.26 Å². The minimum Gasteiger partial charge on any atom is -0.349 e. The zero-order valence-electron chi connectivity index (χ0n) is 9.93. The van der Waals surface area contributed by atoms with E-state index in [-0.39, 0.29) is 16.4 Å². The molecule has 0 saturated carbocycles. The van der Waals surface area contributed by atoms with Gasteiger partial charge in [0.2, 0.25) is 0 Å². The van der Waals surface area contributed by atoms with Gasteiger partial charge in [-0.3, -0.25) is 10.1 Å². The molecular weight excluding hydrogens is 346 g/mol. The van der Waals surface area contributed by atoms with Gasteiger partial charge in [-0.1, -0.05) is 17.7 Å². The van der Waals surface area contributed by atoms with Crippen LogP contribution in [-0.4, -0.2) is 4.92 Å². The number of nitro groups is 1. The van der Waals surface area contributed by atoms with Crippen molar-refractivity contribution in [3.63, 3.8) is 0 Å². The van der Waals surface area contributed by atoms with Crippen LogP contribution in [0.1, 0.15) is 5.56 Å². The van der Waals surface area contributed by atoms with Crippen molar-refractivity contribution in [1.82, 2.24) is 0 Å². The van der Waals surface area contributed by atoms with Crippen LogP contribution in [0.4, 0.5) is 17.1 Å². The molecule has 0 amide bonds. The number of nitriles is 1. The Morgan fingerprint density at radius 1 is 1.30 bits per heavy atom. The maximum absolute atomic E-state index is 11.0. The Bertz CT molecular complexity index is 728. The third-order valence-corrected chi connectivity index (χ3v) is 3.50. The molecule has 0 atom stereocenters. The zero-order valence-corrected chi connectivity index (χ0v) is 12.3. The lowest BCUT2D eigenvalue weighted by atomic mass is 10.2. The predicted octanol–water partition coefficient (Wildman–Crippen LogP) is 4.63. The van der Waals surface area contributed by atoms with Gasteiger partial charge in [-0.25, -0.2) is 0 Å². The fourth-order valence-electron chi connectivity index (χ4n) is 1.63. The van der Waals surface area contributed by atoms with E-state index in [9.17, 15) is 10.1 Å². The van der Waals surface area contributed by atoms with Gasteiger partial charge in [-0.15, -0.1) is 0 Å². The van der Waals surface area contributed by atoms with E-state index < -0.39 is 4.92 Å². The van der Waals surface area contributed by atoms with Crippen LogP contribution in [0, 0.1) is 21.4 Å². The first kappa shape index (κ1) is 14.3. The van der Waals surface area contributed by atoms with Gasteiger partial charge in [0, 0.05) is 4.47 Å². The molecule has 0 fully saturated rings. The summed E-state index contributed by atoms with van der Waals surface area (Å²) >= 11 is 9.15. The second-order valence-electron chi connectivity index (χ2n) is 3.82. The van der Waals surface area contributed by atoms with Gasteiger partial charge in [-0.05, 0) is 46.3 Å². The summed E-state index contributed by atoms with van der Waals surface area (Å²) in [6.07, 6.45) is 0. The van der Waals surface area contributed by atoms with Gasteiger partial charge in [0.25, 0.3) is 0 Å². The molecule has 5 nitrogen and oxygen atoms in total. The van der Waals surface area contributed by atoms with Crippen molar-refractivity contribution in [3.8, 4) is 6.07 Å². The third kappa shape index (κ3) is 2.90. The largest absolute Gasteiger partial charge is 0.349 e. The second-order valence-corrected chi connectivity index (χ2v) is 5.09. The third-order valence-electron chi connectivity index (χ3n) is 2.54. The van der Waals surface area contributed by atoms with Crippen LogP contribution < -0.4 is 5.32 Å². The molecular formula is C13H7BrClN3O2. The molecule has 0 aliphatic carbocycles. The summed E-state index contributed by atoms with van der Waals surface area (Å²) in [5.41, 5.74) is 1.19. The van der Waals surface area contributed by atoms with E-state index in [1.165, 1.54) is 6.07 Å². The first-order valence-corrected chi connectivity index (χ1v) is 6.59. The number of rotatable bonds is 3. The zero-order chi connectivity index (χ0) is 14.7. The number of hydrogen-bond donors (Lipinski definition) is 1. The van der Waals surface area contributed by atoms with Crippen molar-refractivity contribution < 1.29 is 4.92 Å². The number of benzene rings is 2. The molecule has 1 N–H and O–H groups in total. The van der Waals surface area contributed by atoms with E-state index in [0.717, 1.165) is 0 Å². The Labute approximate surface area is 128 Å². The van der Waals surface area contributed by atoms with Gasteiger partial charge < -0.3 is 5.32 Å². The van der Waals surface area contributed by atoms with Gasteiger partial charge in [0.1, 0.15) is 10.7 Å². The first-order valence-electron chi connectivity index (χ1n) is 5.42. The highest BCUT2D eigenvalue weighted by atomic mass is 79.9. The monoisotopic (exact) mass is 351 g/mol. The van der Waals surface area contributed by atoms with E-state index in [0.29, 0.717) is 15.7 Å². The van der Waals surface area contributed by atoms with Crippen LogP contribution in [0.5, 0.6) is 0 Å². The molecule has 0 aromatic heterocycles. The average molecular weight is 353 g/mol. The predicted molar refractivity (Wildman–Crippen MR) is 80.2 cm³/mol. The lowest BCUT2D eigenvalue weighted by molar-refractivity contribution is -0.383. The SMILES string of the molecule is N#Cc1ccc(Nc2cccc(Cl)c2[N+](=O)[O-])c(Br)c1. The Morgan fingerprint density at radius 2 is 2.05 bits per heavy atom. The van der Waals surface area contributed by atoms with Crippen LogP contribution >= 0.6 is 27.5 Å². The number of nitrogens with one attached hydrogen (secondary N) is 1. The molecule has 100 valence electrons. The van der Waals surface area contributed by atoms with Crippen molar-refractivity contribution in [1.29, 1.82) is 5.26 Å². The molecule has 0 saturated heterocycles. The highest BCUT2D eigenvalue weighted by molar-refractivity contribution is 9.10. The topological polar surface area (TPSA) is 79.0 Å². The molecule has 2 aromatic carbocycles. The van der Waals surface area contributed by atoms with Crippen LogP contribution in [0.15, 0.2) is 40.9 Å². The van der Waals surface area contributed by atoms with Crippen molar-refractivity contribution in [2.45, 2.75) is 0 Å². The fraction of sp³-hybridized carbons (Fsp3) is 0. The summed E-state index contributed by atoms with van der Waals surface area (Å²) in [6.45, 7) is 0. The number of hydrogen-bond acceptors (Lipinski definition) is 4. The molecule has 0 aliphatic heterocycles. The van der Waals surface area contributed by atoms with Crippen molar-refractivity contribution in [2.24, 2.45) is 0 Å². The Morgan fingerprint density at radius 3 is 2.65 bits per heavy atom. The molecule has 20 heavy (non-hydrogen) atoms. The van der Waals surface area contributed by atoms with Crippen LogP contribution in [-0.2, 0) is 0 Å². The maximum atomic E-state index is 11.0. The van der Waals surface area contributed by atoms with Crippen LogP contribution in [0.3, 0.4) is 0 Å². The number of halogens is 2. The van der Waals surface area contributed by atoms with Crippen LogP contribution in [0.2, 0.25) is 5.02 Å². The Kier molecular flexibility index (Phi) is 4.23. The lowest BCUT2D eigenvalue weighted by Crippen LogP contribution is -1.98. The summed E-state index contributed by atoms with van der Waals surface area (Å²) < 4.78 is 0.630. The molecule has 0 heterocycles. The second kappa shape index (κ2) is 5.90. The van der Waals surface area contributed by atoms with Gasteiger partial charge in [0.05, 0.1) is 22.2 Å². The fourth-order valence-corrected chi connectivity index (χ4v) is 2.35. The minimum atomic E-state index is -0.539. The number of anilines is 2. The standard InChI is InChI=1S/C13H7BrClN3O2/c14-9-6-8(7-16)4-5-11(9)17-12-3-1-2-10(15)13(12)18(19)20/h1-6,17H. The number of nitrogens with zero attached hydrogens (tertiary/aromatic N) is 2. The van der Waals surface area contributed by atoms with E-state index in [2.05, 4.69) is 21.2 Å². The summed E-state index contributed by atoms with van der Waals surface area (Å²) in [5.74, 6) is 0. The smallest absolute Gasteiger partial charge is 0.311 e. The molecule has 2 aromatic rings. The Balaban J connectivity index is 2.43. The van der Waals surface area contributed by atoms with E-state index >= 15 is 0 Å². The molecule has 0 spiro atoms. The van der Waals surface area contributed by atoms with Crippen molar-refractivity contribution >= 4 is 44.6 Å². The normalized spacial score (nSPS) is 9.85. The van der Waals surface area contributed by atoms with Gasteiger partial charge in [0.15, 0.2) is 0 Å². The van der Waals surface area contributed by atoms with Crippen molar-refractivity contribution in [3.05, 3.63) is 61.6 Å². The summed E-state index contributed by atoms with van der Waals surface area (Å²) in [6, 6.07) is 11.6. The molecule has 2 rings (SSSR count). The number of para-hydroxylation sites is 1. The maximum Gasteiger partial charge on any atom is 0.311 e. The first-order chi connectivity index (χ1) is 9.52. The minimum absolute atomic E-state index is 0.0600. The molecule has 0 bridgehead atoms. The summed E-state index contributed by atoms with van der Waals surface area (Å²) in [7, 11) is 0. The Hall–Kier alpha value is -2.10. The molecule has 7 heteroatoms. The highest BCUT2D eigenvalue weighted by Gasteiger charge is 2.18. The van der Waals surface area contributed by atoms with E-state index in [1.54, 1.807) is 30.3 Å². The summed E-state index contributed by atoms with van der Waals surface area (Å²) in [5, 5.41) is 22.8. The molecule has 0 unspecified atom stereocenters. The molecule has 0 aliphatic rings. The lowest BCUT2D eigenvalue weighted by Gasteiger charge is -2.09. The van der Waals surface area contributed by atoms with E-state index in [1.807, 2.05) is 6.07 Å². The van der Waals surface area contributed by atoms with Crippen molar-refractivity contribution in [2.75, 3.05) is 5.32 Å². The summed E-state index contributed by atoms with van der Waals surface area (Å²) in [4.78, 5) is 10.5. The number of nitro benzene ring substituents is 1. The quantitative estimate of drug-likeness (QED) is 0.645. The van der Waals surface area contributed by atoms with Crippen LogP contribution in [0.25, 0.3) is 0 Å².